The average molecular weight is 219 g/mol. The molecular formula is C12H14FN3. The van der Waals surface area contributed by atoms with E-state index in [0.717, 1.165) is 18.5 Å². The van der Waals surface area contributed by atoms with Crippen molar-refractivity contribution in [3.05, 3.63) is 48.0 Å². The van der Waals surface area contributed by atoms with Gasteiger partial charge in [0.2, 0.25) is 0 Å². The van der Waals surface area contributed by atoms with Gasteiger partial charge in [-0.3, -0.25) is 0 Å². The molecule has 0 atom stereocenters. The lowest BCUT2D eigenvalue weighted by atomic mass is 10.2. The van der Waals surface area contributed by atoms with Crippen molar-refractivity contribution in [1.82, 2.24) is 9.78 Å². The van der Waals surface area contributed by atoms with E-state index in [1.807, 2.05) is 6.07 Å². The van der Waals surface area contributed by atoms with E-state index in [9.17, 15) is 4.39 Å². The fourth-order valence-electron chi connectivity index (χ4n) is 1.55. The third-order valence-electron chi connectivity index (χ3n) is 2.38. The minimum atomic E-state index is -0.268. The Morgan fingerprint density at radius 1 is 1.25 bits per heavy atom. The first-order valence-electron chi connectivity index (χ1n) is 5.31. The molecule has 84 valence electrons. The molecule has 0 aliphatic heterocycles. The molecule has 2 N–H and O–H groups in total. The zero-order valence-corrected chi connectivity index (χ0v) is 8.94. The van der Waals surface area contributed by atoms with Gasteiger partial charge in [-0.2, -0.15) is 5.10 Å². The van der Waals surface area contributed by atoms with Crippen LogP contribution in [-0.2, 0) is 6.42 Å². The van der Waals surface area contributed by atoms with Crippen LogP contribution in [0.4, 0.5) is 4.39 Å². The van der Waals surface area contributed by atoms with E-state index in [1.165, 1.54) is 6.07 Å². The molecule has 1 aromatic carbocycles. The molecule has 4 heteroatoms. The third-order valence-corrected chi connectivity index (χ3v) is 2.38. The third kappa shape index (κ3) is 2.28. The number of halogens is 1. The molecule has 0 bridgehead atoms. The minimum Gasteiger partial charge on any atom is -0.330 e. The van der Waals surface area contributed by atoms with Crippen LogP contribution in [-0.4, -0.2) is 16.3 Å². The normalized spacial score (nSPS) is 10.6. The fraction of sp³-hybridized carbons (Fsp3) is 0.250. The molecule has 0 unspecified atom stereocenters. The second-order valence-electron chi connectivity index (χ2n) is 3.60. The second kappa shape index (κ2) is 4.90. The molecule has 0 saturated heterocycles. The van der Waals surface area contributed by atoms with Gasteiger partial charge in [0.1, 0.15) is 11.5 Å². The van der Waals surface area contributed by atoms with E-state index >= 15 is 0 Å². The van der Waals surface area contributed by atoms with Crippen LogP contribution < -0.4 is 5.73 Å². The monoisotopic (exact) mass is 219 g/mol. The lowest BCUT2D eigenvalue weighted by Gasteiger charge is -2.01. The fourth-order valence-corrected chi connectivity index (χ4v) is 1.55. The summed E-state index contributed by atoms with van der Waals surface area (Å²) in [6.45, 7) is 0.645. The lowest BCUT2D eigenvalue weighted by Crippen LogP contribution is -2.02. The van der Waals surface area contributed by atoms with Crippen molar-refractivity contribution in [2.24, 2.45) is 5.73 Å². The summed E-state index contributed by atoms with van der Waals surface area (Å²) < 4.78 is 15.0. The maximum atomic E-state index is 13.5. The number of benzene rings is 1. The summed E-state index contributed by atoms with van der Waals surface area (Å²) in [5, 5.41) is 4.30. The topological polar surface area (TPSA) is 43.8 Å². The van der Waals surface area contributed by atoms with E-state index in [2.05, 4.69) is 5.10 Å². The van der Waals surface area contributed by atoms with Crippen molar-refractivity contribution in [3.8, 4) is 5.69 Å². The van der Waals surface area contributed by atoms with E-state index in [0.29, 0.717) is 12.2 Å². The van der Waals surface area contributed by atoms with Gasteiger partial charge in [0.05, 0.1) is 5.69 Å². The van der Waals surface area contributed by atoms with Gasteiger partial charge in [-0.25, -0.2) is 9.07 Å². The number of hydrogen-bond donors (Lipinski definition) is 1. The summed E-state index contributed by atoms with van der Waals surface area (Å²) in [6, 6.07) is 8.48. The Hall–Kier alpha value is -1.68. The van der Waals surface area contributed by atoms with E-state index in [1.54, 1.807) is 29.1 Å². The molecule has 0 aliphatic rings. The second-order valence-corrected chi connectivity index (χ2v) is 3.60. The smallest absolute Gasteiger partial charge is 0.148 e. The molecule has 0 fully saturated rings. The molecule has 2 aromatic rings. The Morgan fingerprint density at radius 2 is 2.06 bits per heavy atom. The van der Waals surface area contributed by atoms with Gasteiger partial charge in [0.15, 0.2) is 0 Å². The number of aryl methyl sites for hydroxylation is 1. The van der Waals surface area contributed by atoms with E-state index < -0.39 is 0 Å². The molecule has 0 aliphatic carbocycles. The summed E-state index contributed by atoms with van der Waals surface area (Å²) in [4.78, 5) is 0. The maximum Gasteiger partial charge on any atom is 0.148 e. The molecule has 0 spiro atoms. The number of nitrogens with zero attached hydrogens (tertiary/aromatic N) is 2. The maximum absolute atomic E-state index is 13.5. The summed E-state index contributed by atoms with van der Waals surface area (Å²) in [7, 11) is 0. The number of hydrogen-bond acceptors (Lipinski definition) is 2. The van der Waals surface area contributed by atoms with Crippen molar-refractivity contribution < 1.29 is 4.39 Å². The number of rotatable bonds is 4. The molecular weight excluding hydrogens is 205 g/mol. The zero-order chi connectivity index (χ0) is 11.4. The lowest BCUT2D eigenvalue weighted by molar-refractivity contribution is 0.609. The van der Waals surface area contributed by atoms with Gasteiger partial charge in [-0.05, 0) is 37.6 Å². The largest absolute Gasteiger partial charge is 0.330 e. The minimum absolute atomic E-state index is 0.268. The van der Waals surface area contributed by atoms with Crippen LogP contribution in [0.5, 0.6) is 0 Å². The highest BCUT2D eigenvalue weighted by Crippen LogP contribution is 2.12. The Balaban J connectivity index is 2.22. The average Bonchev–Trinajstić information content (AvgIpc) is 2.75. The SMILES string of the molecule is NCCCc1ccn(-c2ccccc2F)n1. The van der Waals surface area contributed by atoms with Crippen molar-refractivity contribution in [2.45, 2.75) is 12.8 Å². The summed E-state index contributed by atoms with van der Waals surface area (Å²) in [6.07, 6.45) is 3.50. The van der Waals surface area contributed by atoms with Gasteiger partial charge in [-0.1, -0.05) is 12.1 Å². The van der Waals surface area contributed by atoms with Crippen LogP contribution in [0, 0.1) is 5.82 Å². The van der Waals surface area contributed by atoms with Crippen molar-refractivity contribution in [1.29, 1.82) is 0 Å². The molecule has 0 radical (unpaired) electrons. The molecule has 0 saturated carbocycles. The van der Waals surface area contributed by atoms with E-state index in [4.69, 9.17) is 5.73 Å². The number of nitrogens with two attached hydrogens (primary N) is 1. The first kappa shape index (κ1) is 10.8. The molecule has 16 heavy (non-hydrogen) atoms. The Kier molecular flexibility index (Phi) is 3.31. The van der Waals surface area contributed by atoms with Crippen LogP contribution in [0.25, 0.3) is 5.69 Å². The van der Waals surface area contributed by atoms with Gasteiger partial charge in [-0.15, -0.1) is 0 Å². The van der Waals surface area contributed by atoms with Gasteiger partial charge in [0.25, 0.3) is 0 Å². The van der Waals surface area contributed by atoms with Crippen molar-refractivity contribution >= 4 is 0 Å². The highest BCUT2D eigenvalue weighted by molar-refractivity contribution is 5.32. The Morgan fingerprint density at radius 3 is 2.81 bits per heavy atom. The van der Waals surface area contributed by atoms with E-state index in [-0.39, 0.29) is 5.82 Å². The Bertz CT molecular complexity index is 465. The van der Waals surface area contributed by atoms with Crippen LogP contribution in [0.2, 0.25) is 0 Å². The highest BCUT2D eigenvalue weighted by atomic mass is 19.1. The molecule has 3 nitrogen and oxygen atoms in total. The van der Waals surface area contributed by atoms with Gasteiger partial charge in [0, 0.05) is 6.20 Å². The predicted octanol–water partition coefficient (Wildman–Crippen LogP) is 1.90. The highest BCUT2D eigenvalue weighted by Gasteiger charge is 2.05. The number of aromatic nitrogens is 2. The molecule has 2 rings (SSSR count). The van der Waals surface area contributed by atoms with Gasteiger partial charge < -0.3 is 5.73 Å². The van der Waals surface area contributed by atoms with Crippen LogP contribution in [0.1, 0.15) is 12.1 Å². The standard InChI is InChI=1S/C12H14FN3/c13-11-5-1-2-6-12(11)16-9-7-10(15-16)4-3-8-14/h1-2,5-7,9H,3-4,8,14H2. The van der Waals surface area contributed by atoms with Gasteiger partial charge >= 0.3 is 0 Å². The first-order valence-corrected chi connectivity index (χ1v) is 5.31. The zero-order valence-electron chi connectivity index (χ0n) is 8.94. The van der Waals surface area contributed by atoms with Crippen LogP contribution in [0.3, 0.4) is 0 Å². The summed E-state index contributed by atoms with van der Waals surface area (Å²) in [5.41, 5.74) is 6.84. The molecule has 1 aromatic heterocycles. The predicted molar refractivity (Wildman–Crippen MR) is 60.9 cm³/mol. The summed E-state index contributed by atoms with van der Waals surface area (Å²) >= 11 is 0. The van der Waals surface area contributed by atoms with Crippen molar-refractivity contribution in [3.63, 3.8) is 0 Å². The Labute approximate surface area is 93.7 Å². The quantitative estimate of drug-likeness (QED) is 0.853. The number of para-hydroxylation sites is 1. The van der Waals surface area contributed by atoms with Crippen molar-refractivity contribution in [2.75, 3.05) is 6.54 Å². The molecule has 0 amide bonds. The van der Waals surface area contributed by atoms with Crippen LogP contribution in [0.15, 0.2) is 36.5 Å². The van der Waals surface area contributed by atoms with Crippen LogP contribution >= 0.6 is 0 Å². The summed E-state index contributed by atoms with van der Waals surface area (Å²) in [5.74, 6) is -0.268. The first-order chi connectivity index (χ1) is 7.81. The molecule has 1 heterocycles.